The lowest BCUT2D eigenvalue weighted by Gasteiger charge is -2.46. The number of aromatic nitrogens is 1. The molecule has 162 valence electrons. The first-order valence-corrected chi connectivity index (χ1v) is 11.0. The van der Waals surface area contributed by atoms with E-state index in [0.717, 1.165) is 51.9 Å². The van der Waals surface area contributed by atoms with Crippen molar-refractivity contribution in [3.05, 3.63) is 32.8 Å². The third-order valence-electron chi connectivity index (χ3n) is 6.71. The second-order valence-corrected chi connectivity index (χ2v) is 8.77. The number of nitrogens with two attached hydrogens (primary N) is 1. The Kier molecular flexibility index (Phi) is 5.99. The number of nitrogens with one attached hydrogen (secondary N) is 2. The number of amides is 2. The first kappa shape index (κ1) is 21.1. The number of halogens is 1. The number of aromatic amines is 1. The first-order chi connectivity index (χ1) is 14.4. The summed E-state index contributed by atoms with van der Waals surface area (Å²) in [6, 6.07) is 1.95. The molecule has 1 aromatic carbocycles. The van der Waals surface area contributed by atoms with Crippen LogP contribution in [0.5, 0.6) is 0 Å². The zero-order valence-corrected chi connectivity index (χ0v) is 17.7. The van der Waals surface area contributed by atoms with E-state index in [1.54, 1.807) is 6.07 Å². The summed E-state index contributed by atoms with van der Waals surface area (Å²) in [7, 11) is 0. The van der Waals surface area contributed by atoms with E-state index in [4.69, 9.17) is 21.8 Å². The molecular weight excluding hydrogens is 408 g/mol. The predicted molar refractivity (Wildman–Crippen MR) is 113 cm³/mol. The molecule has 0 atom stereocenters. The summed E-state index contributed by atoms with van der Waals surface area (Å²) in [6.07, 6.45) is 5.92. The molecule has 8 nitrogen and oxygen atoms in total. The number of benzene rings is 1. The fraction of sp³-hybridized carbons (Fsp3) is 0.571. The van der Waals surface area contributed by atoms with Gasteiger partial charge in [-0.15, -0.1) is 0 Å². The molecule has 2 amide bonds. The molecule has 0 bridgehead atoms. The Morgan fingerprint density at radius 2 is 1.90 bits per heavy atom. The number of oxazole rings is 1. The van der Waals surface area contributed by atoms with Gasteiger partial charge >= 0.3 is 11.7 Å². The second kappa shape index (κ2) is 8.53. The predicted octanol–water partition coefficient (Wildman–Crippen LogP) is 2.09. The maximum atomic E-state index is 13.5. The zero-order valence-electron chi connectivity index (χ0n) is 17.0. The fourth-order valence-corrected chi connectivity index (χ4v) is 5.58. The molecule has 4 N–H and O–H groups in total. The van der Waals surface area contributed by atoms with Crippen LogP contribution in [-0.4, -0.2) is 53.5 Å². The Morgan fingerprint density at radius 3 is 2.57 bits per heavy atom. The van der Waals surface area contributed by atoms with E-state index in [9.17, 15) is 14.4 Å². The van der Waals surface area contributed by atoms with Crippen molar-refractivity contribution in [2.75, 3.05) is 26.2 Å². The van der Waals surface area contributed by atoms with Crippen molar-refractivity contribution in [2.45, 2.75) is 51.0 Å². The number of aryl methyl sites for hydroxylation is 1. The molecule has 2 aliphatic rings. The van der Waals surface area contributed by atoms with Crippen LogP contribution in [0.15, 0.2) is 15.3 Å². The minimum Gasteiger partial charge on any atom is -0.408 e. The van der Waals surface area contributed by atoms with Crippen LogP contribution >= 0.6 is 11.6 Å². The average Bonchev–Trinajstić information content (AvgIpc) is 3.13. The van der Waals surface area contributed by atoms with Gasteiger partial charge in [-0.25, -0.2) is 9.59 Å². The van der Waals surface area contributed by atoms with Crippen LogP contribution in [-0.2, 0) is 11.2 Å². The summed E-state index contributed by atoms with van der Waals surface area (Å²) < 4.78 is 5.66. The SMILES string of the molecule is NC(=O)c1c(CCC(=O)[N+]2(C3CCNCC3)CCCCC2)cc2oc(=O)[nH]c2c1Cl. The minimum absolute atomic E-state index is 0.0634. The van der Waals surface area contributed by atoms with Crippen LogP contribution in [0.25, 0.3) is 11.1 Å². The van der Waals surface area contributed by atoms with Crippen molar-refractivity contribution in [2.24, 2.45) is 5.73 Å². The number of hydrogen-bond donors (Lipinski definition) is 3. The number of rotatable bonds is 5. The van der Waals surface area contributed by atoms with Gasteiger partial charge in [0.15, 0.2) is 5.58 Å². The number of carbonyl (C=O) groups is 2. The molecule has 2 fully saturated rings. The smallest absolute Gasteiger partial charge is 0.408 e. The number of quaternary nitrogens is 1. The maximum Gasteiger partial charge on any atom is 0.417 e. The Morgan fingerprint density at radius 1 is 1.20 bits per heavy atom. The van der Waals surface area contributed by atoms with Crippen LogP contribution in [0.2, 0.25) is 5.02 Å². The van der Waals surface area contributed by atoms with E-state index in [-0.39, 0.29) is 27.6 Å². The monoisotopic (exact) mass is 435 g/mol. The number of likely N-dealkylation sites (tertiary alicyclic amines) is 1. The molecule has 2 aliphatic heterocycles. The van der Waals surface area contributed by atoms with Crippen LogP contribution in [0, 0.1) is 0 Å². The summed E-state index contributed by atoms with van der Waals surface area (Å²) in [5.41, 5.74) is 6.75. The van der Waals surface area contributed by atoms with Crippen molar-refractivity contribution >= 4 is 34.5 Å². The second-order valence-electron chi connectivity index (χ2n) is 8.39. The van der Waals surface area contributed by atoms with Gasteiger partial charge in [0.25, 0.3) is 5.91 Å². The molecule has 1 aromatic heterocycles. The Balaban J connectivity index is 1.62. The van der Waals surface area contributed by atoms with Crippen molar-refractivity contribution in [1.29, 1.82) is 0 Å². The average molecular weight is 436 g/mol. The van der Waals surface area contributed by atoms with Gasteiger partial charge < -0.3 is 15.5 Å². The van der Waals surface area contributed by atoms with Gasteiger partial charge in [0.2, 0.25) is 0 Å². The van der Waals surface area contributed by atoms with Crippen LogP contribution in [0.1, 0.15) is 54.4 Å². The third kappa shape index (κ3) is 3.79. The molecule has 2 saturated heterocycles. The number of piperidine rings is 2. The molecule has 0 unspecified atom stereocenters. The molecule has 2 aromatic rings. The van der Waals surface area contributed by atoms with Gasteiger partial charge in [-0.3, -0.25) is 14.3 Å². The number of fused-ring (bicyclic) bond motifs is 1. The Bertz CT molecular complexity index is 1020. The molecule has 0 spiro atoms. The number of hydrogen-bond acceptors (Lipinski definition) is 5. The van der Waals surface area contributed by atoms with E-state index in [2.05, 4.69) is 10.3 Å². The van der Waals surface area contributed by atoms with Crippen molar-refractivity contribution in [3.8, 4) is 0 Å². The zero-order chi connectivity index (χ0) is 21.3. The lowest BCUT2D eigenvalue weighted by atomic mass is 9.94. The van der Waals surface area contributed by atoms with Crippen molar-refractivity contribution in [1.82, 2.24) is 10.3 Å². The molecule has 4 rings (SSSR count). The Hall–Kier alpha value is -2.16. The van der Waals surface area contributed by atoms with Gasteiger partial charge in [-0.05, 0) is 37.3 Å². The number of H-pyrrole nitrogens is 1. The van der Waals surface area contributed by atoms with E-state index >= 15 is 0 Å². The standard InChI is InChI=1S/C21H27ClN4O4/c22-18-17(20(23)28)13(12-15-19(18)25-21(29)30-15)4-5-16(27)26(10-2-1-3-11-26)14-6-8-24-9-7-14/h12,14,24H,1-11H2,(H2-,23,25,28,29)/p+1. The lowest BCUT2D eigenvalue weighted by Crippen LogP contribution is -2.63. The normalized spacial score (nSPS) is 19.8. The van der Waals surface area contributed by atoms with Gasteiger partial charge in [0.1, 0.15) is 5.52 Å². The van der Waals surface area contributed by atoms with E-state index in [1.807, 2.05) is 0 Å². The quantitative estimate of drug-likeness (QED) is 0.621. The van der Waals surface area contributed by atoms with Crippen LogP contribution in [0.4, 0.5) is 0 Å². The van der Waals surface area contributed by atoms with Gasteiger partial charge in [0, 0.05) is 25.9 Å². The molecule has 9 heteroatoms. The number of carbonyl (C=O) groups excluding carboxylic acids is 2. The highest BCUT2D eigenvalue weighted by Gasteiger charge is 2.44. The lowest BCUT2D eigenvalue weighted by molar-refractivity contribution is -0.885. The molecule has 3 heterocycles. The molecule has 0 saturated carbocycles. The topological polar surface area (TPSA) is 118 Å². The molecular formula is C21H28ClN4O4+. The first-order valence-electron chi connectivity index (χ1n) is 10.7. The highest BCUT2D eigenvalue weighted by molar-refractivity contribution is 6.38. The highest BCUT2D eigenvalue weighted by Crippen LogP contribution is 2.32. The minimum atomic E-state index is -0.688. The largest absolute Gasteiger partial charge is 0.417 e. The van der Waals surface area contributed by atoms with Gasteiger partial charge in [-0.2, -0.15) is 0 Å². The summed E-state index contributed by atoms with van der Waals surface area (Å²) in [4.78, 5) is 39.7. The summed E-state index contributed by atoms with van der Waals surface area (Å²) in [5.74, 6) is -1.13. The fourth-order valence-electron chi connectivity index (χ4n) is 5.22. The summed E-state index contributed by atoms with van der Waals surface area (Å²) in [5, 5.41) is 3.45. The van der Waals surface area contributed by atoms with Crippen LogP contribution in [0.3, 0.4) is 0 Å². The van der Waals surface area contributed by atoms with E-state index in [1.165, 1.54) is 6.42 Å². The van der Waals surface area contributed by atoms with Gasteiger partial charge in [0.05, 0.1) is 36.1 Å². The third-order valence-corrected chi connectivity index (χ3v) is 7.09. The Labute approximate surface area is 179 Å². The number of primary amides is 1. The molecule has 0 radical (unpaired) electrons. The molecule has 0 aliphatic carbocycles. The van der Waals surface area contributed by atoms with E-state index < -0.39 is 11.7 Å². The summed E-state index contributed by atoms with van der Waals surface area (Å²) in [6.45, 7) is 3.67. The maximum absolute atomic E-state index is 13.5. The van der Waals surface area contributed by atoms with Gasteiger partial charge in [-0.1, -0.05) is 11.6 Å². The summed E-state index contributed by atoms with van der Waals surface area (Å²) >= 11 is 6.34. The van der Waals surface area contributed by atoms with Crippen LogP contribution < -0.4 is 16.8 Å². The van der Waals surface area contributed by atoms with Crippen molar-refractivity contribution in [3.63, 3.8) is 0 Å². The van der Waals surface area contributed by atoms with E-state index in [0.29, 0.717) is 28.9 Å². The number of nitrogens with zero attached hydrogens (tertiary/aromatic N) is 1. The molecule has 30 heavy (non-hydrogen) atoms. The highest BCUT2D eigenvalue weighted by atomic mass is 35.5. The van der Waals surface area contributed by atoms with Crippen molar-refractivity contribution < 1.29 is 18.5 Å².